The van der Waals surface area contributed by atoms with E-state index in [1.165, 1.54) is 12.8 Å². The van der Waals surface area contributed by atoms with Crippen molar-refractivity contribution in [3.8, 4) is 5.75 Å². The van der Waals surface area contributed by atoms with Gasteiger partial charge < -0.3 is 14.8 Å². The van der Waals surface area contributed by atoms with E-state index < -0.39 is 0 Å². The van der Waals surface area contributed by atoms with E-state index in [9.17, 15) is 4.79 Å². The zero-order valence-corrected chi connectivity index (χ0v) is 15.7. The summed E-state index contributed by atoms with van der Waals surface area (Å²) in [5.74, 6) is 1.19. The van der Waals surface area contributed by atoms with Gasteiger partial charge in [0, 0.05) is 0 Å². The van der Waals surface area contributed by atoms with Crippen LogP contribution in [0.15, 0.2) is 54.6 Å². The second kappa shape index (κ2) is 10.8. The minimum absolute atomic E-state index is 0. The third kappa shape index (κ3) is 6.36. The van der Waals surface area contributed by atoms with Crippen LogP contribution in [0.2, 0.25) is 0 Å². The number of halogens is 1. The van der Waals surface area contributed by atoms with Gasteiger partial charge in [0.25, 0.3) is 0 Å². The molecule has 1 unspecified atom stereocenters. The maximum atomic E-state index is 12.1. The van der Waals surface area contributed by atoms with E-state index in [2.05, 4.69) is 5.32 Å². The maximum absolute atomic E-state index is 12.1. The molecule has 1 heterocycles. The Bertz CT molecular complexity index is 655. The molecule has 4 nitrogen and oxygen atoms in total. The molecule has 2 aromatic rings. The average molecular weight is 376 g/mol. The zero-order chi connectivity index (χ0) is 17.3. The Hall–Kier alpha value is -2.04. The van der Waals surface area contributed by atoms with Gasteiger partial charge in [-0.1, -0.05) is 30.3 Å². The van der Waals surface area contributed by atoms with Crippen molar-refractivity contribution in [3.05, 3.63) is 65.7 Å². The summed E-state index contributed by atoms with van der Waals surface area (Å²) in [6, 6.07) is 16.8. The highest BCUT2D eigenvalue weighted by Gasteiger charge is 2.13. The first-order valence-electron chi connectivity index (χ1n) is 8.96. The van der Waals surface area contributed by atoms with E-state index in [-0.39, 0.29) is 25.0 Å². The lowest BCUT2D eigenvalue weighted by molar-refractivity contribution is 0.0472. The smallest absolute Gasteiger partial charge is 0.338 e. The van der Waals surface area contributed by atoms with Gasteiger partial charge in [0.1, 0.15) is 12.4 Å². The third-order valence-electron chi connectivity index (χ3n) is 4.50. The fraction of sp³-hybridized carbons (Fsp3) is 0.381. The van der Waals surface area contributed by atoms with Crippen LogP contribution in [-0.4, -0.2) is 25.7 Å². The SMILES string of the molecule is Cl.O=C(OCc1ccccc1)c1ccc(OCCC2CCCNC2)cc1. The molecule has 26 heavy (non-hydrogen) atoms. The van der Waals surface area contributed by atoms with Gasteiger partial charge in [0.05, 0.1) is 12.2 Å². The van der Waals surface area contributed by atoms with Gasteiger partial charge in [-0.25, -0.2) is 4.79 Å². The number of carbonyl (C=O) groups is 1. The zero-order valence-electron chi connectivity index (χ0n) is 14.9. The van der Waals surface area contributed by atoms with Gasteiger partial charge in [0.15, 0.2) is 0 Å². The fourth-order valence-electron chi connectivity index (χ4n) is 3.01. The molecule has 1 atom stereocenters. The molecule has 0 aliphatic carbocycles. The summed E-state index contributed by atoms with van der Waals surface area (Å²) in [7, 11) is 0. The van der Waals surface area contributed by atoms with Crippen LogP contribution >= 0.6 is 12.4 Å². The number of rotatable bonds is 7. The quantitative estimate of drug-likeness (QED) is 0.735. The largest absolute Gasteiger partial charge is 0.494 e. The topological polar surface area (TPSA) is 47.6 Å². The molecule has 0 amide bonds. The molecule has 3 rings (SSSR count). The number of hydrogen-bond donors (Lipinski definition) is 1. The van der Waals surface area contributed by atoms with Crippen LogP contribution in [0.4, 0.5) is 0 Å². The summed E-state index contributed by atoms with van der Waals surface area (Å²) in [5.41, 5.74) is 1.52. The van der Waals surface area contributed by atoms with Gasteiger partial charge >= 0.3 is 5.97 Å². The monoisotopic (exact) mass is 375 g/mol. The lowest BCUT2D eigenvalue weighted by Gasteiger charge is -2.22. The number of esters is 1. The molecule has 1 N–H and O–H groups in total. The Morgan fingerprint density at radius 2 is 1.85 bits per heavy atom. The van der Waals surface area contributed by atoms with Gasteiger partial charge in [-0.05, 0) is 68.1 Å². The summed E-state index contributed by atoms with van der Waals surface area (Å²) < 4.78 is 11.1. The van der Waals surface area contributed by atoms with Gasteiger partial charge in [0.2, 0.25) is 0 Å². The van der Waals surface area contributed by atoms with Crippen molar-refractivity contribution in [2.45, 2.75) is 25.9 Å². The minimum atomic E-state index is -0.316. The van der Waals surface area contributed by atoms with Gasteiger partial charge in [-0.15, -0.1) is 12.4 Å². The molecule has 1 fully saturated rings. The molecular weight excluding hydrogens is 350 g/mol. The van der Waals surface area contributed by atoms with Crippen molar-refractivity contribution in [2.24, 2.45) is 5.92 Å². The Morgan fingerprint density at radius 3 is 2.54 bits per heavy atom. The summed E-state index contributed by atoms with van der Waals surface area (Å²) in [5, 5.41) is 3.42. The molecule has 1 aliphatic heterocycles. The second-order valence-electron chi connectivity index (χ2n) is 6.44. The van der Waals surface area contributed by atoms with Crippen LogP contribution in [-0.2, 0) is 11.3 Å². The molecule has 0 saturated carbocycles. The normalized spacial score (nSPS) is 16.4. The van der Waals surface area contributed by atoms with Gasteiger partial charge in [-0.3, -0.25) is 0 Å². The highest BCUT2D eigenvalue weighted by Crippen LogP contribution is 2.17. The molecule has 0 aromatic heterocycles. The number of benzene rings is 2. The van der Waals surface area contributed by atoms with Crippen LogP contribution < -0.4 is 10.1 Å². The Morgan fingerprint density at radius 1 is 1.08 bits per heavy atom. The van der Waals surface area contributed by atoms with Crippen LogP contribution in [0.25, 0.3) is 0 Å². The number of nitrogens with one attached hydrogen (secondary N) is 1. The fourth-order valence-corrected chi connectivity index (χ4v) is 3.01. The highest BCUT2D eigenvalue weighted by molar-refractivity contribution is 5.89. The predicted octanol–water partition coefficient (Wildman–Crippen LogP) is 4.23. The van der Waals surface area contributed by atoms with Crippen molar-refractivity contribution in [1.29, 1.82) is 0 Å². The Balaban J connectivity index is 0.00000243. The van der Waals surface area contributed by atoms with E-state index >= 15 is 0 Å². The molecule has 0 spiro atoms. The first-order valence-corrected chi connectivity index (χ1v) is 8.96. The molecular formula is C21H26ClNO3. The van der Waals surface area contributed by atoms with E-state index in [4.69, 9.17) is 9.47 Å². The average Bonchev–Trinajstić information content (AvgIpc) is 2.68. The van der Waals surface area contributed by atoms with Crippen molar-refractivity contribution >= 4 is 18.4 Å². The van der Waals surface area contributed by atoms with Crippen molar-refractivity contribution in [1.82, 2.24) is 5.32 Å². The van der Waals surface area contributed by atoms with Crippen molar-refractivity contribution in [3.63, 3.8) is 0 Å². The third-order valence-corrected chi connectivity index (χ3v) is 4.50. The standard InChI is InChI=1S/C21H25NO3.ClH/c23-21(25-16-18-5-2-1-3-6-18)19-8-10-20(11-9-19)24-14-12-17-7-4-13-22-15-17;/h1-3,5-6,8-11,17,22H,4,7,12-16H2;1H. The molecule has 140 valence electrons. The van der Waals surface area contributed by atoms with Crippen molar-refractivity contribution in [2.75, 3.05) is 19.7 Å². The van der Waals surface area contributed by atoms with Gasteiger partial charge in [-0.2, -0.15) is 0 Å². The van der Waals surface area contributed by atoms with Crippen LogP contribution in [0, 0.1) is 5.92 Å². The van der Waals surface area contributed by atoms with E-state index in [1.807, 2.05) is 42.5 Å². The summed E-state index contributed by atoms with van der Waals surface area (Å²) in [6.45, 7) is 3.23. The minimum Gasteiger partial charge on any atom is -0.494 e. The first kappa shape index (κ1) is 20.3. The Kier molecular flexibility index (Phi) is 8.45. The molecule has 5 heteroatoms. The maximum Gasteiger partial charge on any atom is 0.338 e. The molecule has 2 aromatic carbocycles. The molecule has 1 saturated heterocycles. The molecule has 0 bridgehead atoms. The number of hydrogen-bond acceptors (Lipinski definition) is 4. The Labute approximate surface area is 161 Å². The number of ether oxygens (including phenoxy) is 2. The van der Waals surface area contributed by atoms with Crippen molar-refractivity contribution < 1.29 is 14.3 Å². The highest BCUT2D eigenvalue weighted by atomic mass is 35.5. The first-order chi connectivity index (χ1) is 12.3. The number of carbonyl (C=O) groups excluding carboxylic acids is 1. The number of piperidine rings is 1. The molecule has 0 radical (unpaired) electrons. The van der Waals surface area contributed by atoms with Crippen LogP contribution in [0.3, 0.4) is 0 Å². The van der Waals surface area contributed by atoms with E-state index in [0.29, 0.717) is 18.1 Å². The van der Waals surface area contributed by atoms with Crippen LogP contribution in [0.5, 0.6) is 5.75 Å². The van der Waals surface area contributed by atoms with Crippen LogP contribution in [0.1, 0.15) is 35.2 Å². The van der Waals surface area contributed by atoms with E-state index in [0.717, 1.165) is 30.8 Å². The molecule has 1 aliphatic rings. The van der Waals surface area contributed by atoms with E-state index in [1.54, 1.807) is 12.1 Å². The summed E-state index contributed by atoms with van der Waals surface area (Å²) in [4.78, 5) is 12.1. The lowest BCUT2D eigenvalue weighted by Crippen LogP contribution is -2.30. The summed E-state index contributed by atoms with van der Waals surface area (Å²) in [6.07, 6.45) is 3.60. The predicted molar refractivity (Wildman–Crippen MR) is 105 cm³/mol. The lowest BCUT2D eigenvalue weighted by atomic mass is 9.97. The summed E-state index contributed by atoms with van der Waals surface area (Å²) >= 11 is 0. The second-order valence-corrected chi connectivity index (χ2v) is 6.44.